The molecule has 1 atom stereocenters. The van der Waals surface area contributed by atoms with Crippen LogP contribution in [0, 0.1) is 0 Å². The first-order valence-electron chi connectivity index (χ1n) is 4.95. The Morgan fingerprint density at radius 3 is 2.75 bits per heavy atom. The number of hydrogen-bond acceptors (Lipinski definition) is 5. The van der Waals surface area contributed by atoms with E-state index >= 15 is 0 Å². The van der Waals surface area contributed by atoms with Crippen molar-refractivity contribution in [3.63, 3.8) is 0 Å². The van der Waals surface area contributed by atoms with E-state index in [1.54, 1.807) is 24.2 Å². The van der Waals surface area contributed by atoms with Crippen molar-refractivity contribution in [3.8, 4) is 0 Å². The van der Waals surface area contributed by atoms with E-state index in [4.69, 9.17) is 0 Å². The van der Waals surface area contributed by atoms with Gasteiger partial charge in [0.05, 0.1) is 13.0 Å². The van der Waals surface area contributed by atoms with E-state index in [1.165, 1.54) is 7.11 Å². The van der Waals surface area contributed by atoms with Crippen LogP contribution in [0.1, 0.15) is 6.92 Å². The standard InChI is InChI=1S/C11H16N2O2S/c1-9(11(14)15-3)16-8-13(2)10-4-6-12-7-5-10/h4-7,9H,8H2,1-3H3. The predicted molar refractivity (Wildman–Crippen MR) is 66.6 cm³/mol. The van der Waals surface area contributed by atoms with Crippen molar-refractivity contribution in [2.45, 2.75) is 12.2 Å². The van der Waals surface area contributed by atoms with E-state index in [-0.39, 0.29) is 11.2 Å². The molecule has 1 aromatic heterocycles. The minimum absolute atomic E-state index is 0.144. The Hall–Kier alpha value is -1.23. The molecule has 5 heteroatoms. The molecule has 0 fully saturated rings. The zero-order valence-corrected chi connectivity index (χ0v) is 10.5. The van der Waals surface area contributed by atoms with Crippen LogP contribution >= 0.6 is 11.8 Å². The fraction of sp³-hybridized carbons (Fsp3) is 0.455. The van der Waals surface area contributed by atoms with Gasteiger partial charge in [0.1, 0.15) is 5.25 Å². The Labute approximate surface area is 100.0 Å². The van der Waals surface area contributed by atoms with Gasteiger partial charge < -0.3 is 9.64 Å². The van der Waals surface area contributed by atoms with Gasteiger partial charge in [0.2, 0.25) is 0 Å². The summed E-state index contributed by atoms with van der Waals surface area (Å²) in [4.78, 5) is 17.2. The molecule has 16 heavy (non-hydrogen) atoms. The SMILES string of the molecule is COC(=O)C(C)SCN(C)c1ccncc1. The normalized spacial score (nSPS) is 11.9. The van der Waals surface area contributed by atoms with Gasteiger partial charge in [-0.05, 0) is 19.1 Å². The lowest BCUT2D eigenvalue weighted by molar-refractivity contribution is -0.139. The average Bonchev–Trinajstić information content (AvgIpc) is 2.35. The quantitative estimate of drug-likeness (QED) is 0.579. The number of hydrogen-bond donors (Lipinski definition) is 0. The molecule has 0 radical (unpaired) electrons. The molecule has 0 aliphatic rings. The molecule has 0 N–H and O–H groups in total. The van der Waals surface area contributed by atoms with Crippen LogP contribution in [0.25, 0.3) is 0 Å². The number of aromatic nitrogens is 1. The maximum Gasteiger partial charge on any atom is 0.318 e. The number of nitrogens with zero attached hydrogens (tertiary/aromatic N) is 2. The summed E-state index contributed by atoms with van der Waals surface area (Å²) in [7, 11) is 3.39. The van der Waals surface area contributed by atoms with Crippen LogP contribution < -0.4 is 4.90 Å². The lowest BCUT2D eigenvalue weighted by Gasteiger charge is -2.20. The molecular formula is C11H16N2O2S. The van der Waals surface area contributed by atoms with E-state index in [0.717, 1.165) is 11.6 Å². The number of carbonyl (C=O) groups is 1. The Morgan fingerprint density at radius 2 is 2.19 bits per heavy atom. The summed E-state index contributed by atoms with van der Waals surface area (Å²) >= 11 is 1.54. The summed E-state index contributed by atoms with van der Waals surface area (Å²) in [5.41, 5.74) is 1.08. The van der Waals surface area contributed by atoms with Gasteiger partial charge in [-0.2, -0.15) is 0 Å². The molecule has 1 unspecified atom stereocenters. The molecule has 0 aromatic carbocycles. The van der Waals surface area contributed by atoms with Gasteiger partial charge in [-0.25, -0.2) is 0 Å². The van der Waals surface area contributed by atoms with E-state index in [9.17, 15) is 4.79 Å². The third-order valence-electron chi connectivity index (χ3n) is 2.15. The highest BCUT2D eigenvalue weighted by molar-refractivity contribution is 8.00. The molecule has 0 bridgehead atoms. The summed E-state index contributed by atoms with van der Waals surface area (Å²) in [5.74, 6) is 0.549. The number of anilines is 1. The largest absolute Gasteiger partial charge is 0.468 e. The molecule has 0 saturated carbocycles. The molecule has 1 aromatic rings. The molecule has 1 rings (SSSR count). The Kier molecular flexibility index (Phi) is 5.11. The smallest absolute Gasteiger partial charge is 0.318 e. The highest BCUT2D eigenvalue weighted by Crippen LogP contribution is 2.17. The maximum absolute atomic E-state index is 11.2. The van der Waals surface area contributed by atoms with Gasteiger partial charge in [-0.15, -0.1) is 11.8 Å². The Balaban J connectivity index is 2.41. The minimum Gasteiger partial charge on any atom is -0.468 e. The molecule has 0 saturated heterocycles. The van der Waals surface area contributed by atoms with Crippen molar-refractivity contribution in [1.29, 1.82) is 0 Å². The second kappa shape index (κ2) is 6.37. The molecule has 0 aliphatic heterocycles. The van der Waals surface area contributed by atoms with Crippen LogP contribution in [0.2, 0.25) is 0 Å². The number of pyridine rings is 1. The van der Waals surface area contributed by atoms with Crippen LogP contribution in [-0.2, 0) is 9.53 Å². The van der Waals surface area contributed by atoms with Crippen LogP contribution in [-0.4, -0.2) is 36.2 Å². The van der Waals surface area contributed by atoms with Crippen LogP contribution in [0.4, 0.5) is 5.69 Å². The number of rotatable bonds is 5. The Morgan fingerprint density at radius 1 is 1.56 bits per heavy atom. The first-order valence-corrected chi connectivity index (χ1v) is 6.00. The van der Waals surface area contributed by atoms with Gasteiger partial charge >= 0.3 is 5.97 Å². The second-order valence-corrected chi connectivity index (χ2v) is 4.66. The van der Waals surface area contributed by atoms with Gasteiger partial charge in [-0.1, -0.05) is 0 Å². The molecule has 88 valence electrons. The summed E-state index contributed by atoms with van der Waals surface area (Å²) in [6.07, 6.45) is 3.50. The van der Waals surface area contributed by atoms with Crippen molar-refractivity contribution in [2.24, 2.45) is 0 Å². The van der Waals surface area contributed by atoms with Crippen molar-refractivity contribution in [1.82, 2.24) is 4.98 Å². The lowest BCUT2D eigenvalue weighted by atomic mass is 10.4. The summed E-state index contributed by atoms with van der Waals surface area (Å²) < 4.78 is 4.66. The van der Waals surface area contributed by atoms with Crippen LogP contribution in [0.3, 0.4) is 0 Å². The van der Waals surface area contributed by atoms with Gasteiger partial charge in [-0.3, -0.25) is 9.78 Å². The summed E-state index contributed by atoms with van der Waals surface area (Å²) in [6, 6.07) is 3.87. The lowest BCUT2D eigenvalue weighted by Crippen LogP contribution is -2.22. The molecule has 0 aliphatic carbocycles. The Bertz CT molecular complexity index is 332. The fourth-order valence-corrected chi connectivity index (χ4v) is 1.96. The minimum atomic E-state index is -0.187. The number of methoxy groups -OCH3 is 1. The van der Waals surface area contributed by atoms with Crippen molar-refractivity contribution >= 4 is 23.4 Å². The van der Waals surface area contributed by atoms with E-state index < -0.39 is 0 Å². The first kappa shape index (κ1) is 12.8. The van der Waals surface area contributed by atoms with Crippen LogP contribution in [0.5, 0.6) is 0 Å². The van der Waals surface area contributed by atoms with E-state index in [2.05, 4.69) is 14.6 Å². The predicted octanol–water partition coefficient (Wildman–Crippen LogP) is 1.77. The van der Waals surface area contributed by atoms with Crippen molar-refractivity contribution < 1.29 is 9.53 Å². The molecular weight excluding hydrogens is 224 g/mol. The number of thioether (sulfide) groups is 1. The van der Waals surface area contributed by atoms with Gasteiger partial charge in [0.15, 0.2) is 0 Å². The third-order valence-corrected chi connectivity index (χ3v) is 3.38. The third kappa shape index (κ3) is 3.73. The monoisotopic (exact) mass is 240 g/mol. The maximum atomic E-state index is 11.2. The summed E-state index contributed by atoms with van der Waals surface area (Å²) in [5, 5.41) is -0.144. The fourth-order valence-electron chi connectivity index (χ4n) is 1.13. The topological polar surface area (TPSA) is 42.4 Å². The highest BCUT2D eigenvalue weighted by atomic mass is 32.2. The number of esters is 1. The number of carbonyl (C=O) groups excluding carboxylic acids is 1. The van der Waals surface area contributed by atoms with E-state index in [1.807, 2.05) is 26.1 Å². The molecule has 4 nitrogen and oxygen atoms in total. The number of ether oxygens (including phenoxy) is 1. The summed E-state index contributed by atoms with van der Waals surface area (Å²) in [6.45, 7) is 1.84. The molecule has 1 heterocycles. The average molecular weight is 240 g/mol. The van der Waals surface area contributed by atoms with E-state index in [0.29, 0.717) is 0 Å². The molecule has 0 spiro atoms. The van der Waals surface area contributed by atoms with Gasteiger partial charge in [0, 0.05) is 25.1 Å². The zero-order valence-electron chi connectivity index (χ0n) is 9.71. The van der Waals surface area contributed by atoms with Gasteiger partial charge in [0.25, 0.3) is 0 Å². The van der Waals surface area contributed by atoms with Crippen molar-refractivity contribution in [3.05, 3.63) is 24.5 Å². The second-order valence-electron chi connectivity index (χ2n) is 3.36. The van der Waals surface area contributed by atoms with Crippen molar-refractivity contribution in [2.75, 3.05) is 24.9 Å². The zero-order chi connectivity index (χ0) is 12.0. The highest BCUT2D eigenvalue weighted by Gasteiger charge is 2.14. The first-order chi connectivity index (χ1) is 7.65. The van der Waals surface area contributed by atoms with Crippen LogP contribution in [0.15, 0.2) is 24.5 Å². The molecule has 0 amide bonds.